The Labute approximate surface area is 137 Å². The number of rotatable bonds is 2. The molecule has 1 saturated heterocycles. The summed E-state index contributed by atoms with van der Waals surface area (Å²) in [5.41, 5.74) is 6.28. The molecule has 0 unspecified atom stereocenters. The molecule has 0 radical (unpaired) electrons. The molecule has 2 aliphatic rings. The zero-order valence-corrected chi connectivity index (χ0v) is 14.1. The number of anilines is 1. The van der Waals surface area contributed by atoms with Crippen LogP contribution in [0.5, 0.6) is 5.75 Å². The Bertz CT molecular complexity index is 714. The number of hydrogen-bond acceptors (Lipinski definition) is 5. The van der Waals surface area contributed by atoms with Gasteiger partial charge in [0.05, 0.1) is 5.69 Å². The Morgan fingerprint density at radius 3 is 2.68 bits per heavy atom. The maximum absolute atomic E-state index is 12.8. The fourth-order valence-electron chi connectivity index (χ4n) is 2.53. The topological polar surface area (TPSA) is 102 Å². The lowest BCUT2D eigenvalue weighted by Crippen LogP contribution is -2.42. The number of sulfonamides is 1. The first kappa shape index (κ1) is 15.7. The van der Waals surface area contributed by atoms with Gasteiger partial charge in [0, 0.05) is 29.7 Å². The fraction of sp³-hybridized carbons (Fsp3) is 0.462. The van der Waals surface area contributed by atoms with Crippen LogP contribution in [0.4, 0.5) is 5.69 Å². The summed E-state index contributed by atoms with van der Waals surface area (Å²) in [6.45, 7) is 0.696. The van der Waals surface area contributed by atoms with Gasteiger partial charge in [0.2, 0.25) is 10.0 Å². The van der Waals surface area contributed by atoms with Crippen molar-refractivity contribution in [1.82, 2.24) is 4.31 Å². The number of amides is 1. The molecule has 2 aliphatic heterocycles. The number of nitrogens with zero attached hydrogens (tertiary/aromatic N) is 1. The summed E-state index contributed by atoms with van der Waals surface area (Å²) in [5.74, 6) is 0.0927. The minimum absolute atomic E-state index is 0.0527. The average Bonchev–Trinajstić information content (AvgIpc) is 2.46. The molecule has 0 saturated carbocycles. The lowest BCUT2D eigenvalue weighted by molar-refractivity contribution is -0.118. The number of fused-ring (bicyclic) bond motifs is 1. The van der Waals surface area contributed by atoms with Gasteiger partial charge in [-0.05, 0) is 34.8 Å². The Hall–Kier alpha value is -1.16. The van der Waals surface area contributed by atoms with E-state index in [-0.39, 0.29) is 23.5 Å². The van der Waals surface area contributed by atoms with Crippen LogP contribution in [0.3, 0.4) is 0 Å². The van der Waals surface area contributed by atoms with Gasteiger partial charge in [-0.15, -0.1) is 0 Å². The van der Waals surface area contributed by atoms with Gasteiger partial charge < -0.3 is 15.8 Å². The van der Waals surface area contributed by atoms with Gasteiger partial charge >= 0.3 is 0 Å². The second kappa shape index (κ2) is 5.80. The molecule has 9 heteroatoms. The van der Waals surface area contributed by atoms with E-state index in [0.29, 0.717) is 41.8 Å². The van der Waals surface area contributed by atoms with Crippen LogP contribution in [0.25, 0.3) is 0 Å². The predicted octanol–water partition coefficient (Wildman–Crippen LogP) is 0.892. The number of hydrogen-bond donors (Lipinski definition) is 2. The molecule has 22 heavy (non-hydrogen) atoms. The van der Waals surface area contributed by atoms with E-state index in [1.165, 1.54) is 10.4 Å². The first-order chi connectivity index (χ1) is 10.4. The van der Waals surface area contributed by atoms with Crippen LogP contribution in [0.1, 0.15) is 12.8 Å². The van der Waals surface area contributed by atoms with Crippen molar-refractivity contribution < 1.29 is 17.9 Å². The van der Waals surface area contributed by atoms with Gasteiger partial charge in [-0.3, -0.25) is 4.79 Å². The fourth-order valence-corrected chi connectivity index (χ4v) is 5.02. The van der Waals surface area contributed by atoms with E-state index < -0.39 is 10.0 Å². The number of piperidine rings is 1. The first-order valence-electron chi connectivity index (χ1n) is 6.90. The number of carbonyl (C=O) groups excluding carboxylic acids is 1. The maximum atomic E-state index is 12.8. The summed E-state index contributed by atoms with van der Waals surface area (Å²) < 4.78 is 32.7. The van der Waals surface area contributed by atoms with E-state index in [1.54, 1.807) is 6.07 Å². The second-order valence-corrected chi connectivity index (χ2v) is 8.12. The molecule has 0 atom stereocenters. The average molecular weight is 390 g/mol. The number of nitrogens with two attached hydrogens (primary N) is 1. The van der Waals surface area contributed by atoms with Crippen molar-refractivity contribution in [3.05, 3.63) is 16.6 Å². The number of nitrogens with one attached hydrogen (secondary N) is 1. The Kier molecular flexibility index (Phi) is 4.15. The van der Waals surface area contributed by atoms with Crippen molar-refractivity contribution in [2.45, 2.75) is 23.8 Å². The van der Waals surface area contributed by atoms with Crippen LogP contribution in [-0.2, 0) is 14.8 Å². The smallest absolute Gasteiger partial charge is 0.262 e. The van der Waals surface area contributed by atoms with Crippen molar-refractivity contribution >= 4 is 37.5 Å². The van der Waals surface area contributed by atoms with E-state index in [9.17, 15) is 13.2 Å². The van der Waals surface area contributed by atoms with Gasteiger partial charge in [-0.2, -0.15) is 4.31 Å². The molecular weight excluding hydrogens is 374 g/mol. The molecule has 1 aromatic carbocycles. The van der Waals surface area contributed by atoms with Crippen molar-refractivity contribution in [1.29, 1.82) is 0 Å². The van der Waals surface area contributed by atoms with E-state index >= 15 is 0 Å². The van der Waals surface area contributed by atoms with E-state index in [4.69, 9.17) is 10.5 Å². The third-order valence-electron chi connectivity index (χ3n) is 3.78. The maximum Gasteiger partial charge on any atom is 0.262 e. The summed E-state index contributed by atoms with van der Waals surface area (Å²) in [5, 5.41) is 2.65. The van der Waals surface area contributed by atoms with Gasteiger partial charge in [-0.25, -0.2) is 8.42 Å². The molecule has 1 fully saturated rings. The first-order valence-corrected chi connectivity index (χ1v) is 9.13. The second-order valence-electron chi connectivity index (χ2n) is 5.36. The molecule has 3 rings (SSSR count). The molecule has 1 amide bonds. The highest BCUT2D eigenvalue weighted by Crippen LogP contribution is 2.37. The highest BCUT2D eigenvalue weighted by molar-refractivity contribution is 9.10. The Balaban J connectivity index is 1.95. The lowest BCUT2D eigenvalue weighted by atomic mass is 10.1. The molecular formula is C13H16BrN3O4S. The van der Waals surface area contributed by atoms with Gasteiger partial charge in [0.1, 0.15) is 10.6 Å². The van der Waals surface area contributed by atoms with Crippen LogP contribution >= 0.6 is 15.9 Å². The molecule has 120 valence electrons. The van der Waals surface area contributed by atoms with Crippen LogP contribution in [0.2, 0.25) is 0 Å². The van der Waals surface area contributed by atoms with Crippen molar-refractivity contribution in [3.8, 4) is 5.75 Å². The Morgan fingerprint density at radius 1 is 1.32 bits per heavy atom. The molecule has 0 aliphatic carbocycles. The highest BCUT2D eigenvalue weighted by atomic mass is 79.9. The largest absolute Gasteiger partial charge is 0.482 e. The van der Waals surface area contributed by atoms with E-state index in [1.807, 2.05) is 0 Å². The molecule has 0 aromatic heterocycles. The van der Waals surface area contributed by atoms with Crippen LogP contribution in [0.15, 0.2) is 21.5 Å². The van der Waals surface area contributed by atoms with Crippen molar-refractivity contribution in [2.24, 2.45) is 5.73 Å². The number of benzene rings is 1. The predicted molar refractivity (Wildman–Crippen MR) is 84.2 cm³/mol. The van der Waals surface area contributed by atoms with Crippen LogP contribution in [-0.4, -0.2) is 44.4 Å². The zero-order chi connectivity index (χ0) is 15.9. The molecule has 2 heterocycles. The van der Waals surface area contributed by atoms with Crippen LogP contribution in [0, 0.1) is 0 Å². The molecule has 0 bridgehead atoms. The van der Waals surface area contributed by atoms with Gasteiger partial charge in [0.25, 0.3) is 5.91 Å². The zero-order valence-electron chi connectivity index (χ0n) is 11.7. The van der Waals surface area contributed by atoms with Gasteiger partial charge in [-0.1, -0.05) is 0 Å². The minimum Gasteiger partial charge on any atom is -0.482 e. The summed E-state index contributed by atoms with van der Waals surface area (Å²) in [7, 11) is -3.62. The van der Waals surface area contributed by atoms with E-state index in [0.717, 1.165) is 0 Å². The molecule has 1 aromatic rings. The number of halogens is 1. The highest BCUT2D eigenvalue weighted by Gasteiger charge is 2.31. The molecule has 3 N–H and O–H groups in total. The Morgan fingerprint density at radius 2 is 2.00 bits per heavy atom. The number of ether oxygens (including phenoxy) is 1. The quantitative estimate of drug-likeness (QED) is 0.781. The minimum atomic E-state index is -3.62. The lowest BCUT2D eigenvalue weighted by Gasteiger charge is -2.30. The summed E-state index contributed by atoms with van der Waals surface area (Å²) >= 11 is 3.27. The summed E-state index contributed by atoms with van der Waals surface area (Å²) in [6, 6.07) is 3.05. The monoisotopic (exact) mass is 389 g/mol. The number of carbonyl (C=O) groups is 1. The van der Waals surface area contributed by atoms with E-state index in [2.05, 4.69) is 21.2 Å². The van der Waals surface area contributed by atoms with Gasteiger partial charge in [0.15, 0.2) is 6.61 Å². The molecule has 0 spiro atoms. The third-order valence-corrected chi connectivity index (χ3v) is 6.64. The van der Waals surface area contributed by atoms with Crippen molar-refractivity contribution in [2.75, 3.05) is 25.0 Å². The third kappa shape index (κ3) is 2.85. The summed E-state index contributed by atoms with van der Waals surface area (Å²) in [4.78, 5) is 11.4. The summed E-state index contributed by atoms with van der Waals surface area (Å²) in [6.07, 6.45) is 1.29. The molecule has 7 nitrogen and oxygen atoms in total. The SMILES string of the molecule is NC1CCN(S(=O)(=O)c2cc3c(cc2Br)NC(=O)CO3)CC1. The standard InChI is InChI=1S/C13H16BrN3O4S/c14-9-5-10-11(21-7-13(18)16-10)6-12(9)22(19,20)17-3-1-8(15)2-4-17/h5-6,8H,1-4,7,15H2,(H,16,18). The van der Waals surface area contributed by atoms with Crippen molar-refractivity contribution in [3.63, 3.8) is 0 Å². The van der Waals surface area contributed by atoms with Crippen LogP contribution < -0.4 is 15.8 Å². The normalized spacial score (nSPS) is 20.2.